The van der Waals surface area contributed by atoms with E-state index in [1.807, 2.05) is 0 Å². The summed E-state index contributed by atoms with van der Waals surface area (Å²) in [4.78, 5) is 66.7. The van der Waals surface area contributed by atoms with Crippen LogP contribution in [0, 0.1) is 0 Å². The summed E-state index contributed by atoms with van der Waals surface area (Å²) in [5.41, 5.74) is 1.80. The summed E-state index contributed by atoms with van der Waals surface area (Å²) in [6, 6.07) is 26.8. The Morgan fingerprint density at radius 2 is 1.51 bits per heavy atom. The van der Waals surface area contributed by atoms with Gasteiger partial charge in [-0.25, -0.2) is 14.8 Å². The van der Waals surface area contributed by atoms with Crippen LogP contribution in [-0.4, -0.2) is 75.8 Å². The number of rotatable bonds is 14. The third-order valence-corrected chi connectivity index (χ3v) is 8.04. The number of likely N-dealkylation sites (N-methyl/N-ethyl adjacent to an activating group) is 2. The van der Waals surface area contributed by atoms with Crippen molar-refractivity contribution in [2.45, 2.75) is 12.8 Å². The van der Waals surface area contributed by atoms with Gasteiger partial charge in [0.05, 0.1) is 13.7 Å². The standard InChI is InChI=1S/C37H39N5O9/c1-25(36(46)47)26-11-8-12-27(19-26)39-37(48)38-22-33(43)41(23-34(44)40(2)28-13-6-5-7-14-28)29-15-9-18-32(20-29)51-24-35(45)42(3,49)30-16-10-17-31(21-30)50-4/h5-21,25,49H,22-24H2,1-4H3,(H2-,38,39,46,47,48). The molecule has 0 aliphatic rings. The molecule has 0 aliphatic heterocycles. The maximum absolute atomic E-state index is 13.6. The molecular formula is C37H39N5O9. The number of hydrogen-bond donors (Lipinski definition) is 3. The van der Waals surface area contributed by atoms with Crippen molar-refractivity contribution in [3.05, 3.63) is 109 Å². The maximum atomic E-state index is 13.6. The van der Waals surface area contributed by atoms with Gasteiger partial charge in [0.25, 0.3) is 0 Å². The number of amides is 5. The fourth-order valence-electron chi connectivity index (χ4n) is 4.85. The summed E-state index contributed by atoms with van der Waals surface area (Å²) in [6.07, 6.45) is 0. The highest BCUT2D eigenvalue weighted by molar-refractivity contribution is 6.05. The van der Waals surface area contributed by atoms with E-state index in [4.69, 9.17) is 9.47 Å². The first-order chi connectivity index (χ1) is 24.3. The minimum Gasteiger partial charge on any atom is -0.550 e. The van der Waals surface area contributed by atoms with Crippen molar-refractivity contribution < 1.29 is 43.8 Å². The van der Waals surface area contributed by atoms with Crippen molar-refractivity contribution in [2.75, 3.05) is 56.0 Å². The number of carbonyl (C=O) groups excluding carboxylic acids is 5. The van der Waals surface area contributed by atoms with Crippen molar-refractivity contribution in [2.24, 2.45) is 0 Å². The Morgan fingerprint density at radius 1 is 0.843 bits per heavy atom. The van der Waals surface area contributed by atoms with E-state index < -0.39 is 60.0 Å². The Hall–Kier alpha value is -6.25. The van der Waals surface area contributed by atoms with Crippen molar-refractivity contribution in [3.63, 3.8) is 0 Å². The monoisotopic (exact) mass is 697 g/mol. The molecule has 266 valence electrons. The van der Waals surface area contributed by atoms with Gasteiger partial charge in [0.2, 0.25) is 18.4 Å². The highest BCUT2D eigenvalue weighted by Gasteiger charge is 2.34. The van der Waals surface area contributed by atoms with E-state index in [0.717, 1.165) is 0 Å². The third-order valence-electron chi connectivity index (χ3n) is 8.04. The number of carbonyl (C=O) groups is 5. The SMILES string of the molecule is COc1cccc([N+](C)(O)C(=O)COc2cccc(N(CC(=O)N(C)c3ccccc3)C(=O)CNC(=O)Nc3cccc(C(C)C(=O)[O-])c3)c2)c1. The molecular weight excluding hydrogens is 658 g/mol. The van der Waals surface area contributed by atoms with Gasteiger partial charge in [-0.15, -0.1) is 0 Å². The second-order valence-corrected chi connectivity index (χ2v) is 11.6. The molecule has 0 saturated carbocycles. The highest BCUT2D eigenvalue weighted by Crippen LogP contribution is 2.26. The summed E-state index contributed by atoms with van der Waals surface area (Å²) in [7, 11) is 4.33. The number of urea groups is 1. The topological polar surface area (TPSA) is 178 Å². The molecule has 0 saturated heterocycles. The fourth-order valence-corrected chi connectivity index (χ4v) is 4.85. The first kappa shape index (κ1) is 37.6. The van der Waals surface area contributed by atoms with Crippen LogP contribution < -0.4 is 39.7 Å². The predicted octanol–water partition coefficient (Wildman–Crippen LogP) is 3.30. The number of anilines is 3. The molecule has 14 nitrogen and oxygen atoms in total. The van der Waals surface area contributed by atoms with Gasteiger partial charge in [-0.1, -0.05) is 54.0 Å². The maximum Gasteiger partial charge on any atom is 0.388 e. The van der Waals surface area contributed by atoms with Gasteiger partial charge in [-0.2, -0.15) is 0 Å². The number of benzene rings is 4. The van der Waals surface area contributed by atoms with Crippen molar-refractivity contribution in [3.8, 4) is 11.5 Å². The lowest BCUT2D eigenvalue weighted by Crippen LogP contribution is -2.50. The van der Waals surface area contributed by atoms with E-state index in [1.54, 1.807) is 92.0 Å². The van der Waals surface area contributed by atoms with Gasteiger partial charge in [-0.05, 0) is 48.0 Å². The Kier molecular flexibility index (Phi) is 12.5. The molecule has 4 aromatic rings. The molecule has 4 aromatic carbocycles. The molecule has 3 N–H and O–H groups in total. The fraction of sp³-hybridized carbons (Fsp3) is 0.216. The van der Waals surface area contributed by atoms with Crippen molar-refractivity contribution in [1.29, 1.82) is 0 Å². The Morgan fingerprint density at radius 3 is 2.22 bits per heavy atom. The number of hydroxylamine groups is 2. The van der Waals surface area contributed by atoms with Crippen molar-refractivity contribution >= 4 is 52.5 Å². The molecule has 0 aromatic heterocycles. The minimum atomic E-state index is -1.27. The lowest BCUT2D eigenvalue weighted by Gasteiger charge is -2.26. The number of hydrogen-bond acceptors (Lipinski definition) is 9. The summed E-state index contributed by atoms with van der Waals surface area (Å²) in [5.74, 6) is -3.34. The van der Waals surface area contributed by atoms with Gasteiger partial charge >= 0.3 is 11.9 Å². The van der Waals surface area contributed by atoms with Gasteiger partial charge in [-0.3, -0.25) is 9.59 Å². The van der Waals surface area contributed by atoms with Crippen LogP contribution in [0.1, 0.15) is 18.4 Å². The van der Waals surface area contributed by atoms with Crippen LogP contribution in [0.4, 0.5) is 27.5 Å². The number of carboxylic acid groups (broad SMARTS) is 1. The number of nitrogens with one attached hydrogen (secondary N) is 2. The molecule has 14 heteroatoms. The zero-order valence-corrected chi connectivity index (χ0v) is 28.6. The van der Waals surface area contributed by atoms with E-state index >= 15 is 0 Å². The second-order valence-electron chi connectivity index (χ2n) is 11.6. The predicted molar refractivity (Wildman–Crippen MR) is 189 cm³/mol. The Balaban J connectivity index is 1.50. The summed E-state index contributed by atoms with van der Waals surface area (Å²) >= 11 is 0. The number of aliphatic carboxylic acids is 1. The zero-order valence-electron chi connectivity index (χ0n) is 28.6. The average molecular weight is 698 g/mol. The lowest BCUT2D eigenvalue weighted by molar-refractivity contribution is -0.307. The van der Waals surface area contributed by atoms with Crippen LogP contribution in [0.25, 0.3) is 0 Å². The molecule has 4 rings (SSSR count). The van der Waals surface area contributed by atoms with Crippen LogP contribution in [0.5, 0.6) is 11.5 Å². The Bertz CT molecular complexity index is 1880. The van der Waals surface area contributed by atoms with E-state index in [2.05, 4.69) is 10.6 Å². The average Bonchev–Trinajstić information content (AvgIpc) is 3.14. The van der Waals surface area contributed by atoms with Crippen molar-refractivity contribution in [1.82, 2.24) is 9.96 Å². The number of methoxy groups -OCH3 is 1. The number of para-hydroxylation sites is 1. The van der Waals surface area contributed by atoms with Crippen LogP contribution in [0.3, 0.4) is 0 Å². The summed E-state index contributed by atoms with van der Waals surface area (Å²) in [6.45, 7) is -0.0162. The van der Waals surface area contributed by atoms with E-state index in [9.17, 15) is 34.3 Å². The first-order valence-electron chi connectivity index (χ1n) is 15.8. The lowest BCUT2D eigenvalue weighted by atomic mass is 10.0. The number of ether oxygens (including phenoxy) is 2. The number of nitrogens with zero attached hydrogens (tertiary/aromatic N) is 3. The van der Waals surface area contributed by atoms with E-state index in [1.165, 1.54) is 49.1 Å². The van der Waals surface area contributed by atoms with Gasteiger partial charge in [0.15, 0.2) is 5.69 Å². The summed E-state index contributed by atoms with van der Waals surface area (Å²) in [5, 5.41) is 27.3. The molecule has 0 heterocycles. The van der Waals surface area contributed by atoms with Crippen LogP contribution >= 0.6 is 0 Å². The molecule has 0 aliphatic carbocycles. The highest BCUT2D eigenvalue weighted by atomic mass is 16.6. The number of carboxylic acids is 1. The van der Waals surface area contributed by atoms with Crippen LogP contribution in [0.2, 0.25) is 0 Å². The second kappa shape index (κ2) is 16.9. The quantitative estimate of drug-likeness (QED) is 0.101. The summed E-state index contributed by atoms with van der Waals surface area (Å²) < 4.78 is 9.79. The van der Waals surface area contributed by atoms with E-state index in [0.29, 0.717) is 22.7 Å². The molecule has 51 heavy (non-hydrogen) atoms. The smallest absolute Gasteiger partial charge is 0.388 e. The molecule has 0 bridgehead atoms. The number of quaternary nitrogens is 1. The molecule has 2 unspecified atom stereocenters. The molecule has 0 fully saturated rings. The van der Waals surface area contributed by atoms with E-state index in [-0.39, 0.29) is 17.1 Å². The molecule has 0 radical (unpaired) electrons. The van der Waals surface area contributed by atoms with Crippen LogP contribution in [0.15, 0.2) is 103 Å². The van der Waals surface area contributed by atoms with Crippen LogP contribution in [-0.2, 0) is 19.2 Å². The van der Waals surface area contributed by atoms with Gasteiger partial charge < -0.3 is 39.8 Å². The largest absolute Gasteiger partial charge is 0.550 e. The zero-order chi connectivity index (χ0) is 37.1. The Labute approximate surface area is 295 Å². The normalized spacial score (nSPS) is 12.4. The molecule has 2 atom stereocenters. The molecule has 5 amide bonds. The first-order valence-corrected chi connectivity index (χ1v) is 15.8. The van der Waals surface area contributed by atoms with Gasteiger partial charge in [0, 0.05) is 54.2 Å². The molecule has 0 spiro atoms. The minimum absolute atomic E-state index is 0.171. The van der Waals surface area contributed by atoms with Gasteiger partial charge in [0.1, 0.15) is 25.1 Å². The third kappa shape index (κ3) is 9.90.